The van der Waals surface area contributed by atoms with Crippen LogP contribution in [0.2, 0.25) is 0 Å². The van der Waals surface area contributed by atoms with Gasteiger partial charge in [-0.05, 0) is 0 Å². The number of hydrogen-bond donors (Lipinski definition) is 1. The first-order valence-corrected chi connectivity index (χ1v) is 3.32. The topological polar surface area (TPSA) is 25.8 Å². The highest BCUT2D eigenvalue weighted by molar-refractivity contribution is 7.89. The van der Waals surface area contributed by atoms with Crippen LogP contribution in [0.1, 0.15) is 0 Å². The van der Waals surface area contributed by atoms with Crippen molar-refractivity contribution in [2.24, 2.45) is 0 Å². The fraction of sp³-hybridized carbons (Fsp3) is 1.00. The average molecular weight is 158 g/mol. The van der Waals surface area contributed by atoms with E-state index in [4.69, 9.17) is 4.74 Å². The van der Waals surface area contributed by atoms with Gasteiger partial charge in [-0.15, -0.1) is 7.77 Å². The molecule has 0 atom stereocenters. The maximum Gasteiger partial charge on any atom is 0.255 e. The van der Waals surface area contributed by atoms with Crippen LogP contribution >= 0.6 is 12.5 Å². The van der Waals surface area contributed by atoms with Crippen molar-refractivity contribution in [3.8, 4) is 0 Å². The van der Waals surface area contributed by atoms with Crippen molar-refractivity contribution in [3.63, 3.8) is 0 Å². The van der Waals surface area contributed by atoms with E-state index in [1.54, 1.807) is 0 Å². The van der Waals surface area contributed by atoms with Crippen LogP contribution in [-0.4, -0.2) is 26.3 Å². The summed E-state index contributed by atoms with van der Waals surface area (Å²) in [6, 6.07) is 0. The van der Waals surface area contributed by atoms with E-state index < -0.39 is 12.5 Å². The van der Waals surface area contributed by atoms with Crippen molar-refractivity contribution in [3.05, 3.63) is 0 Å². The van der Waals surface area contributed by atoms with E-state index in [1.807, 2.05) is 0 Å². The van der Waals surface area contributed by atoms with Crippen LogP contribution in [-0.2, 0) is 4.74 Å². The van der Waals surface area contributed by atoms with Gasteiger partial charge in [0, 0.05) is 0 Å². The third-order valence-corrected chi connectivity index (χ3v) is 0.933. The Morgan fingerprint density at radius 3 is 1.78 bits per heavy atom. The van der Waals surface area contributed by atoms with E-state index in [1.165, 1.54) is 0 Å². The summed E-state index contributed by atoms with van der Waals surface area (Å²) in [6.45, 7) is 4.19. The summed E-state index contributed by atoms with van der Waals surface area (Å²) in [5.41, 5.74) is 0. The first-order valence-electron chi connectivity index (χ1n) is 2.70. The number of rotatable bonds is 0. The Hall–Kier alpha value is 0.130. The van der Waals surface area contributed by atoms with Gasteiger partial charge >= 0.3 is 0 Å². The molecule has 0 aromatic carbocycles. The molecule has 1 saturated heterocycles. The molecular formula is C4H10F2NOS+. The maximum absolute atomic E-state index is 9.54. The van der Waals surface area contributed by atoms with Crippen molar-refractivity contribution in [1.29, 1.82) is 0 Å². The summed E-state index contributed by atoms with van der Waals surface area (Å²) in [7, 11) is 0. The summed E-state index contributed by atoms with van der Waals surface area (Å²) in [4.78, 5) is 0. The van der Waals surface area contributed by atoms with E-state index in [2.05, 4.69) is 5.32 Å². The molecule has 1 aliphatic heterocycles. The second-order valence-electron chi connectivity index (χ2n) is 1.54. The molecule has 0 unspecified atom stereocenters. The Bertz CT molecular complexity index is 42.3. The predicted molar refractivity (Wildman–Crippen MR) is 32.3 cm³/mol. The van der Waals surface area contributed by atoms with Gasteiger partial charge in [-0.25, -0.2) is 0 Å². The molecule has 9 heavy (non-hydrogen) atoms. The first kappa shape index (κ1) is 9.13. The van der Waals surface area contributed by atoms with Gasteiger partial charge in [0.1, 0.15) is 0 Å². The summed E-state index contributed by atoms with van der Waals surface area (Å²) in [6.07, 6.45) is 0. The number of nitrogens with two attached hydrogens (primary N) is 1. The van der Waals surface area contributed by atoms with Gasteiger partial charge < -0.3 is 10.1 Å². The first-order chi connectivity index (χ1) is 4.41. The molecule has 0 bridgehead atoms. The Kier molecular flexibility index (Phi) is 8.25. The van der Waals surface area contributed by atoms with Crippen LogP contribution in [0.15, 0.2) is 0 Å². The summed E-state index contributed by atoms with van der Waals surface area (Å²) < 4.78 is 24.1. The fourth-order valence-electron chi connectivity index (χ4n) is 0.580. The van der Waals surface area contributed by atoms with Crippen LogP contribution in [0.3, 0.4) is 0 Å². The van der Waals surface area contributed by atoms with Gasteiger partial charge in [0.15, 0.2) is 0 Å². The number of ether oxygens (including phenoxy) is 1. The lowest BCUT2D eigenvalue weighted by Gasteiger charge is -2.07. The lowest BCUT2D eigenvalue weighted by atomic mass is 10.5. The van der Waals surface area contributed by atoms with E-state index in [0.717, 1.165) is 26.3 Å². The van der Waals surface area contributed by atoms with Crippen molar-refractivity contribution >= 4 is 12.5 Å². The SMILES string of the molecule is C1COCC[NH2+]1.FSF. The Morgan fingerprint density at radius 1 is 1.22 bits per heavy atom. The number of halogens is 2. The lowest BCUT2D eigenvalue weighted by molar-refractivity contribution is -0.670. The summed E-state index contributed by atoms with van der Waals surface area (Å²) in [5.74, 6) is 0. The second-order valence-corrected chi connectivity index (χ2v) is 1.65. The Labute approximate surface area is 57.5 Å². The highest BCUT2D eigenvalue weighted by atomic mass is 32.2. The predicted octanol–water partition coefficient (Wildman–Crippen LogP) is 0.0686. The van der Waals surface area contributed by atoms with Crippen molar-refractivity contribution in [1.82, 2.24) is 0 Å². The molecule has 1 fully saturated rings. The zero-order chi connectivity index (χ0) is 6.95. The smallest absolute Gasteiger partial charge is 0.255 e. The quantitative estimate of drug-likeness (QED) is 0.540. The average Bonchev–Trinajstić information content (AvgIpc) is 1.93. The second kappa shape index (κ2) is 8.13. The largest absolute Gasteiger partial charge is 0.370 e. The highest BCUT2D eigenvalue weighted by Gasteiger charge is 1.96. The van der Waals surface area contributed by atoms with Crippen LogP contribution in [0.4, 0.5) is 7.77 Å². The van der Waals surface area contributed by atoms with Crippen molar-refractivity contribution in [2.45, 2.75) is 0 Å². The third-order valence-electron chi connectivity index (χ3n) is 0.933. The minimum Gasteiger partial charge on any atom is -0.370 e. The van der Waals surface area contributed by atoms with Gasteiger partial charge in [-0.2, -0.15) is 0 Å². The molecular weight excluding hydrogens is 148 g/mol. The maximum atomic E-state index is 9.54. The van der Waals surface area contributed by atoms with Crippen LogP contribution in [0.25, 0.3) is 0 Å². The van der Waals surface area contributed by atoms with Gasteiger partial charge in [0.05, 0.1) is 26.3 Å². The van der Waals surface area contributed by atoms with Gasteiger partial charge in [-0.3, -0.25) is 0 Å². The van der Waals surface area contributed by atoms with Crippen LogP contribution in [0, 0.1) is 0 Å². The minimum absolute atomic E-state index is 0.944. The van der Waals surface area contributed by atoms with E-state index in [-0.39, 0.29) is 0 Å². The van der Waals surface area contributed by atoms with Gasteiger partial charge in [0.25, 0.3) is 12.5 Å². The Morgan fingerprint density at radius 2 is 1.67 bits per heavy atom. The number of morpholine rings is 1. The third kappa shape index (κ3) is 8.13. The van der Waals surface area contributed by atoms with Gasteiger partial charge in [-0.1, -0.05) is 0 Å². The zero-order valence-electron chi connectivity index (χ0n) is 4.98. The molecule has 56 valence electrons. The summed E-state index contributed by atoms with van der Waals surface area (Å²) >= 11 is -1.25. The van der Waals surface area contributed by atoms with E-state index in [0.29, 0.717) is 0 Å². The van der Waals surface area contributed by atoms with Crippen molar-refractivity contribution in [2.75, 3.05) is 26.3 Å². The molecule has 0 amide bonds. The molecule has 0 radical (unpaired) electrons. The molecule has 0 aromatic rings. The Balaban J connectivity index is 0.000000187. The van der Waals surface area contributed by atoms with E-state index in [9.17, 15) is 7.77 Å². The van der Waals surface area contributed by atoms with Crippen LogP contribution < -0.4 is 5.32 Å². The van der Waals surface area contributed by atoms with Crippen molar-refractivity contribution < 1.29 is 17.8 Å². The number of hydrogen-bond acceptors (Lipinski definition) is 2. The van der Waals surface area contributed by atoms with Gasteiger partial charge in [0.2, 0.25) is 0 Å². The lowest BCUT2D eigenvalue weighted by Crippen LogP contribution is -2.87. The molecule has 2 N–H and O–H groups in total. The highest BCUT2D eigenvalue weighted by Crippen LogP contribution is 1.95. The molecule has 1 aliphatic rings. The standard InChI is InChI=1S/C4H9NO.F2S/c1-3-6-4-2-5-1;1-3-2/h5H,1-4H2;/p+1. The minimum atomic E-state index is -1.25. The molecule has 0 spiro atoms. The fourth-order valence-corrected chi connectivity index (χ4v) is 0.580. The zero-order valence-corrected chi connectivity index (χ0v) is 5.79. The molecule has 0 saturated carbocycles. The molecule has 2 nitrogen and oxygen atoms in total. The van der Waals surface area contributed by atoms with E-state index >= 15 is 0 Å². The molecule has 1 rings (SSSR count). The molecule has 0 aromatic heterocycles. The molecule has 5 heteroatoms. The normalized spacial score (nSPS) is 18.0. The molecule has 1 heterocycles. The summed E-state index contributed by atoms with van der Waals surface area (Å²) in [5, 5.41) is 2.27. The monoisotopic (exact) mass is 158 g/mol. The number of quaternary nitrogens is 1. The van der Waals surface area contributed by atoms with Crippen LogP contribution in [0.5, 0.6) is 0 Å². The molecule has 0 aliphatic carbocycles.